The number of hydrogen-bond acceptors (Lipinski definition) is 2. The molecule has 0 spiro atoms. The lowest BCUT2D eigenvalue weighted by atomic mass is 9.83. The molecule has 1 aliphatic rings. The summed E-state index contributed by atoms with van der Waals surface area (Å²) in [7, 11) is 0. The standard InChI is InChI=1S/C18H19ClF5N3O/c1-2-25-16(28)11-8-13(19)27-12(7-10-3-5-17(20,21)6-4-10)15(18(22,23)24)26-14(27)9-11/h8-10H,2-7H2,1H3,(H,25,28). The van der Waals surface area contributed by atoms with Crippen LogP contribution in [0.1, 0.15) is 54.4 Å². The monoisotopic (exact) mass is 423 g/mol. The van der Waals surface area contributed by atoms with E-state index in [1.165, 1.54) is 12.1 Å². The van der Waals surface area contributed by atoms with Crippen LogP contribution in [-0.4, -0.2) is 27.8 Å². The number of nitrogens with zero attached hydrogens (tertiary/aromatic N) is 2. The van der Waals surface area contributed by atoms with E-state index < -0.39 is 23.7 Å². The number of nitrogens with one attached hydrogen (secondary N) is 1. The Hall–Kier alpha value is -1.90. The molecule has 10 heteroatoms. The highest BCUT2D eigenvalue weighted by molar-refractivity contribution is 6.30. The largest absolute Gasteiger partial charge is 0.435 e. The van der Waals surface area contributed by atoms with Gasteiger partial charge in [-0.3, -0.25) is 9.20 Å². The van der Waals surface area contributed by atoms with Crippen molar-refractivity contribution in [1.29, 1.82) is 0 Å². The minimum Gasteiger partial charge on any atom is -0.352 e. The van der Waals surface area contributed by atoms with Crippen LogP contribution in [0, 0.1) is 5.92 Å². The summed E-state index contributed by atoms with van der Waals surface area (Å²) in [5.74, 6) is -3.55. The molecule has 0 bridgehead atoms. The van der Waals surface area contributed by atoms with Gasteiger partial charge in [0.1, 0.15) is 10.8 Å². The summed E-state index contributed by atoms with van der Waals surface area (Å²) in [6, 6.07) is 2.52. The van der Waals surface area contributed by atoms with Crippen LogP contribution in [0.3, 0.4) is 0 Å². The number of carbonyl (C=O) groups is 1. The predicted octanol–water partition coefficient (Wildman–Crippen LogP) is 5.12. The number of halogens is 6. The molecule has 1 saturated carbocycles. The van der Waals surface area contributed by atoms with Crippen LogP contribution in [0.4, 0.5) is 22.0 Å². The SMILES string of the molecule is CCNC(=O)c1cc(Cl)n2c(CC3CCC(F)(F)CC3)c(C(F)(F)F)nc2c1. The smallest absolute Gasteiger partial charge is 0.352 e. The van der Waals surface area contributed by atoms with Crippen molar-refractivity contribution in [3.05, 3.63) is 34.2 Å². The first kappa shape index (κ1) is 20.8. The Morgan fingerprint density at radius 3 is 2.54 bits per heavy atom. The molecule has 1 N–H and O–H groups in total. The topological polar surface area (TPSA) is 46.4 Å². The second kappa shape index (κ2) is 7.50. The molecule has 1 aliphatic carbocycles. The predicted molar refractivity (Wildman–Crippen MR) is 93.8 cm³/mol. The number of fused-ring (bicyclic) bond motifs is 1. The van der Waals surface area contributed by atoms with Crippen LogP contribution in [0.5, 0.6) is 0 Å². The number of imidazole rings is 1. The molecule has 0 unspecified atom stereocenters. The first-order valence-electron chi connectivity index (χ1n) is 8.96. The van der Waals surface area contributed by atoms with Crippen LogP contribution >= 0.6 is 11.6 Å². The van der Waals surface area contributed by atoms with E-state index in [2.05, 4.69) is 10.3 Å². The van der Waals surface area contributed by atoms with Gasteiger partial charge in [-0.2, -0.15) is 13.2 Å². The summed E-state index contributed by atoms with van der Waals surface area (Å²) in [6.07, 6.45) is -5.21. The zero-order chi connectivity index (χ0) is 20.7. The number of carbonyl (C=O) groups excluding carboxylic acids is 1. The highest BCUT2D eigenvalue weighted by Gasteiger charge is 2.40. The van der Waals surface area contributed by atoms with Gasteiger partial charge in [0.05, 0.1) is 5.69 Å². The van der Waals surface area contributed by atoms with Crippen molar-refractivity contribution in [3.63, 3.8) is 0 Å². The average Bonchev–Trinajstić information content (AvgIpc) is 2.96. The number of pyridine rings is 1. The van der Waals surface area contributed by atoms with Gasteiger partial charge in [0.25, 0.3) is 5.91 Å². The molecule has 2 heterocycles. The van der Waals surface area contributed by atoms with E-state index in [-0.39, 0.29) is 60.1 Å². The average molecular weight is 424 g/mol. The van der Waals surface area contributed by atoms with E-state index in [4.69, 9.17) is 11.6 Å². The fourth-order valence-corrected chi connectivity index (χ4v) is 3.87. The lowest BCUT2D eigenvalue weighted by Crippen LogP contribution is -2.26. The Labute approximate surface area is 163 Å². The summed E-state index contributed by atoms with van der Waals surface area (Å²) in [5, 5.41) is 2.47. The maximum Gasteiger partial charge on any atom is 0.435 e. The molecule has 1 amide bonds. The molecule has 0 saturated heterocycles. The molecule has 1 fully saturated rings. The fraction of sp³-hybridized carbons (Fsp3) is 0.556. The van der Waals surface area contributed by atoms with Gasteiger partial charge in [-0.05, 0) is 44.2 Å². The normalized spacial score (nSPS) is 17.8. The second-order valence-electron chi connectivity index (χ2n) is 7.03. The Morgan fingerprint density at radius 1 is 1.32 bits per heavy atom. The van der Waals surface area contributed by atoms with E-state index >= 15 is 0 Å². The van der Waals surface area contributed by atoms with Crippen molar-refractivity contribution < 1.29 is 26.7 Å². The van der Waals surface area contributed by atoms with Crippen LogP contribution < -0.4 is 5.32 Å². The molecule has 28 heavy (non-hydrogen) atoms. The van der Waals surface area contributed by atoms with Crippen molar-refractivity contribution >= 4 is 23.2 Å². The van der Waals surface area contributed by atoms with Crippen LogP contribution in [0.2, 0.25) is 5.15 Å². The molecular formula is C18H19ClF5N3O. The van der Waals surface area contributed by atoms with E-state index in [0.29, 0.717) is 6.54 Å². The first-order valence-corrected chi connectivity index (χ1v) is 9.33. The van der Waals surface area contributed by atoms with Gasteiger partial charge in [0.2, 0.25) is 5.92 Å². The van der Waals surface area contributed by atoms with Gasteiger partial charge in [-0.15, -0.1) is 0 Å². The zero-order valence-corrected chi connectivity index (χ0v) is 15.8. The van der Waals surface area contributed by atoms with Gasteiger partial charge in [-0.1, -0.05) is 11.6 Å². The summed E-state index contributed by atoms with van der Waals surface area (Å²) < 4.78 is 68.6. The number of amides is 1. The highest BCUT2D eigenvalue weighted by Crippen LogP contribution is 2.40. The van der Waals surface area contributed by atoms with Crippen molar-refractivity contribution in [2.24, 2.45) is 5.92 Å². The number of alkyl halides is 5. The maximum atomic E-state index is 13.6. The molecule has 0 atom stereocenters. The molecule has 4 nitrogen and oxygen atoms in total. The van der Waals surface area contributed by atoms with Crippen LogP contribution in [0.15, 0.2) is 12.1 Å². The Bertz CT molecular complexity index is 883. The quantitative estimate of drug-likeness (QED) is 0.547. The molecule has 0 radical (unpaired) electrons. The van der Waals surface area contributed by atoms with Gasteiger partial charge in [0.15, 0.2) is 5.69 Å². The third-order valence-corrected chi connectivity index (χ3v) is 5.24. The zero-order valence-electron chi connectivity index (χ0n) is 15.0. The Kier molecular flexibility index (Phi) is 5.58. The fourth-order valence-electron chi connectivity index (χ4n) is 3.57. The van der Waals surface area contributed by atoms with Gasteiger partial charge < -0.3 is 5.32 Å². The second-order valence-corrected chi connectivity index (χ2v) is 7.42. The first-order chi connectivity index (χ1) is 13.0. The summed E-state index contributed by atoms with van der Waals surface area (Å²) in [5.41, 5.74) is -1.26. The van der Waals surface area contributed by atoms with E-state index in [1.54, 1.807) is 6.92 Å². The van der Waals surface area contributed by atoms with E-state index in [0.717, 1.165) is 4.40 Å². The van der Waals surface area contributed by atoms with E-state index in [1.807, 2.05) is 0 Å². The van der Waals surface area contributed by atoms with Crippen molar-refractivity contribution in [3.8, 4) is 0 Å². The number of aromatic nitrogens is 2. The maximum absolute atomic E-state index is 13.6. The van der Waals surface area contributed by atoms with Crippen LogP contribution in [0.25, 0.3) is 5.65 Å². The number of hydrogen-bond donors (Lipinski definition) is 1. The third-order valence-electron chi connectivity index (χ3n) is 4.96. The highest BCUT2D eigenvalue weighted by atomic mass is 35.5. The lowest BCUT2D eigenvalue weighted by Gasteiger charge is -2.28. The minimum atomic E-state index is -4.73. The van der Waals surface area contributed by atoms with Gasteiger partial charge >= 0.3 is 6.18 Å². The molecule has 3 rings (SSSR count). The van der Waals surface area contributed by atoms with Gasteiger partial charge in [0, 0.05) is 24.9 Å². The molecular weight excluding hydrogens is 405 g/mol. The Balaban J connectivity index is 2.03. The molecule has 0 aromatic carbocycles. The molecule has 2 aromatic rings. The third kappa shape index (κ3) is 4.24. The summed E-state index contributed by atoms with van der Waals surface area (Å²) in [6.45, 7) is 2.06. The molecule has 0 aliphatic heterocycles. The minimum absolute atomic E-state index is 0.0632. The summed E-state index contributed by atoms with van der Waals surface area (Å²) >= 11 is 6.19. The molecule has 2 aromatic heterocycles. The van der Waals surface area contributed by atoms with Crippen molar-refractivity contribution in [2.75, 3.05) is 6.54 Å². The van der Waals surface area contributed by atoms with E-state index in [9.17, 15) is 26.7 Å². The van der Waals surface area contributed by atoms with Crippen molar-refractivity contribution in [2.45, 2.75) is 51.1 Å². The molecule has 154 valence electrons. The van der Waals surface area contributed by atoms with Crippen LogP contribution in [-0.2, 0) is 12.6 Å². The lowest BCUT2D eigenvalue weighted by molar-refractivity contribution is -0.141. The van der Waals surface area contributed by atoms with Crippen molar-refractivity contribution in [1.82, 2.24) is 14.7 Å². The van der Waals surface area contributed by atoms with Gasteiger partial charge in [-0.25, -0.2) is 13.8 Å². The summed E-state index contributed by atoms with van der Waals surface area (Å²) in [4.78, 5) is 15.7. The number of rotatable bonds is 4. The Morgan fingerprint density at radius 2 is 1.96 bits per heavy atom.